The lowest BCUT2D eigenvalue weighted by Gasteiger charge is -2.23. The lowest BCUT2D eigenvalue weighted by Crippen LogP contribution is -2.35. The molecule has 1 aliphatic carbocycles. The van der Waals surface area contributed by atoms with Gasteiger partial charge in [-0.3, -0.25) is 4.79 Å². The quantitative estimate of drug-likeness (QED) is 0.779. The van der Waals surface area contributed by atoms with Gasteiger partial charge in [0.15, 0.2) is 0 Å². The van der Waals surface area contributed by atoms with E-state index in [2.05, 4.69) is 17.4 Å². The van der Waals surface area contributed by atoms with Crippen LogP contribution in [0.3, 0.4) is 0 Å². The Morgan fingerprint density at radius 3 is 2.70 bits per heavy atom. The lowest BCUT2D eigenvalue weighted by atomic mass is 9.83. The molecule has 20 heavy (non-hydrogen) atoms. The molecule has 2 rings (SSSR count). The summed E-state index contributed by atoms with van der Waals surface area (Å²) in [5.41, 5.74) is 2.56. The van der Waals surface area contributed by atoms with Crippen molar-refractivity contribution >= 4 is 15.9 Å². The van der Waals surface area contributed by atoms with Crippen LogP contribution in [0.2, 0.25) is 0 Å². The van der Waals surface area contributed by atoms with Gasteiger partial charge in [0, 0.05) is 12.5 Å². The molecule has 6 heteroatoms. The first-order valence-electron chi connectivity index (χ1n) is 6.81. The molecule has 3 N–H and O–H groups in total. The van der Waals surface area contributed by atoms with E-state index in [0.717, 1.165) is 19.3 Å². The molecule has 1 aromatic carbocycles. The number of benzene rings is 1. The molecule has 1 aromatic rings. The summed E-state index contributed by atoms with van der Waals surface area (Å²) in [6.45, 7) is 0.355. The maximum Gasteiger partial charge on any atom is 0.223 e. The SMILES string of the molecule is NS(=O)(=O)CCCNC(=O)C1CCc2ccccc2C1. The van der Waals surface area contributed by atoms with Crippen molar-refractivity contribution in [3.63, 3.8) is 0 Å². The zero-order chi connectivity index (χ0) is 14.6. The molecule has 0 saturated carbocycles. The highest BCUT2D eigenvalue weighted by Gasteiger charge is 2.23. The summed E-state index contributed by atoms with van der Waals surface area (Å²) in [6.07, 6.45) is 2.88. The maximum absolute atomic E-state index is 12.0. The minimum atomic E-state index is -3.44. The third-order valence-corrected chi connectivity index (χ3v) is 4.48. The van der Waals surface area contributed by atoms with Crippen molar-refractivity contribution in [2.75, 3.05) is 12.3 Å². The van der Waals surface area contributed by atoms with Gasteiger partial charge in [0.1, 0.15) is 0 Å². The van der Waals surface area contributed by atoms with Crippen molar-refractivity contribution in [2.24, 2.45) is 11.1 Å². The smallest absolute Gasteiger partial charge is 0.223 e. The number of nitrogens with one attached hydrogen (secondary N) is 1. The van der Waals surface area contributed by atoms with E-state index < -0.39 is 10.0 Å². The predicted octanol–water partition coefficient (Wildman–Crippen LogP) is 0.586. The molecule has 1 atom stereocenters. The van der Waals surface area contributed by atoms with Crippen LogP contribution >= 0.6 is 0 Å². The fourth-order valence-corrected chi connectivity index (χ4v) is 3.10. The second kappa shape index (κ2) is 6.37. The molecule has 1 aliphatic rings. The van der Waals surface area contributed by atoms with E-state index >= 15 is 0 Å². The number of nitrogens with two attached hydrogens (primary N) is 1. The van der Waals surface area contributed by atoms with Gasteiger partial charge in [-0.05, 0) is 36.8 Å². The summed E-state index contributed by atoms with van der Waals surface area (Å²) >= 11 is 0. The van der Waals surface area contributed by atoms with Crippen molar-refractivity contribution in [1.82, 2.24) is 5.32 Å². The van der Waals surface area contributed by atoms with E-state index in [4.69, 9.17) is 5.14 Å². The standard InChI is InChI=1S/C14H20N2O3S/c15-20(18,19)9-3-8-16-14(17)13-7-6-11-4-1-2-5-12(11)10-13/h1-2,4-5,13H,3,6-10H2,(H,16,17)(H2,15,18,19). The van der Waals surface area contributed by atoms with Crippen LogP contribution in [0.15, 0.2) is 24.3 Å². The van der Waals surface area contributed by atoms with E-state index in [9.17, 15) is 13.2 Å². The predicted molar refractivity (Wildman–Crippen MR) is 77.6 cm³/mol. The van der Waals surface area contributed by atoms with Crippen LogP contribution in [0.5, 0.6) is 0 Å². The molecule has 0 fully saturated rings. The summed E-state index contributed by atoms with van der Waals surface area (Å²) in [4.78, 5) is 12.0. The van der Waals surface area contributed by atoms with Crippen molar-refractivity contribution in [1.29, 1.82) is 0 Å². The molecule has 0 aliphatic heterocycles. The number of rotatable bonds is 5. The van der Waals surface area contributed by atoms with Crippen molar-refractivity contribution in [3.05, 3.63) is 35.4 Å². The first-order chi connectivity index (χ1) is 9.46. The Kier molecular flexibility index (Phi) is 4.77. The number of aryl methyl sites for hydroxylation is 1. The highest BCUT2D eigenvalue weighted by atomic mass is 32.2. The summed E-state index contributed by atoms with van der Waals surface area (Å²) < 4.78 is 21.6. The van der Waals surface area contributed by atoms with Gasteiger partial charge in [0.25, 0.3) is 0 Å². The largest absolute Gasteiger partial charge is 0.356 e. The number of carbonyl (C=O) groups is 1. The van der Waals surface area contributed by atoms with Crippen molar-refractivity contribution in [3.8, 4) is 0 Å². The second-order valence-electron chi connectivity index (χ2n) is 5.22. The Bertz CT molecular complexity index is 584. The number of hydrogen-bond acceptors (Lipinski definition) is 3. The zero-order valence-electron chi connectivity index (χ0n) is 11.3. The minimum Gasteiger partial charge on any atom is -0.356 e. The maximum atomic E-state index is 12.0. The van der Waals surface area contributed by atoms with E-state index in [1.165, 1.54) is 11.1 Å². The molecular formula is C14H20N2O3S. The minimum absolute atomic E-state index is 0.00826. The number of fused-ring (bicyclic) bond motifs is 1. The Labute approximate surface area is 119 Å². The number of hydrogen-bond donors (Lipinski definition) is 2. The van der Waals surface area contributed by atoms with Gasteiger partial charge in [-0.15, -0.1) is 0 Å². The monoisotopic (exact) mass is 296 g/mol. The molecule has 0 bridgehead atoms. The number of carbonyl (C=O) groups excluding carboxylic acids is 1. The van der Waals surface area contributed by atoms with Crippen molar-refractivity contribution < 1.29 is 13.2 Å². The topological polar surface area (TPSA) is 89.3 Å². The van der Waals surface area contributed by atoms with Gasteiger partial charge in [-0.2, -0.15) is 0 Å². The Hall–Kier alpha value is -1.40. The van der Waals surface area contributed by atoms with E-state index in [-0.39, 0.29) is 17.6 Å². The number of sulfonamides is 1. The Morgan fingerprint density at radius 1 is 1.30 bits per heavy atom. The molecule has 5 nitrogen and oxygen atoms in total. The van der Waals surface area contributed by atoms with Crippen LogP contribution in [-0.4, -0.2) is 26.6 Å². The van der Waals surface area contributed by atoms with Gasteiger partial charge in [-0.25, -0.2) is 13.6 Å². The molecule has 0 aromatic heterocycles. The normalized spacial score (nSPS) is 18.4. The zero-order valence-corrected chi connectivity index (χ0v) is 12.2. The van der Waals surface area contributed by atoms with Gasteiger partial charge in [-0.1, -0.05) is 24.3 Å². The van der Waals surface area contributed by atoms with E-state index in [0.29, 0.717) is 13.0 Å². The molecule has 1 unspecified atom stereocenters. The molecule has 0 radical (unpaired) electrons. The summed E-state index contributed by atoms with van der Waals surface area (Å²) in [5.74, 6) is -0.103. The van der Waals surface area contributed by atoms with E-state index in [1.807, 2.05) is 12.1 Å². The number of primary sulfonamides is 1. The third-order valence-electron chi connectivity index (χ3n) is 3.62. The van der Waals surface area contributed by atoms with Crippen LogP contribution < -0.4 is 10.5 Å². The highest BCUT2D eigenvalue weighted by molar-refractivity contribution is 7.89. The van der Waals surface area contributed by atoms with Crippen LogP contribution in [-0.2, 0) is 27.7 Å². The molecule has 0 saturated heterocycles. The average Bonchev–Trinajstić information content (AvgIpc) is 2.42. The average molecular weight is 296 g/mol. The van der Waals surface area contributed by atoms with Crippen LogP contribution in [0.1, 0.15) is 24.0 Å². The lowest BCUT2D eigenvalue weighted by molar-refractivity contribution is -0.125. The molecule has 1 amide bonds. The Morgan fingerprint density at radius 2 is 2.00 bits per heavy atom. The van der Waals surface area contributed by atoms with Gasteiger partial charge in [0.2, 0.25) is 15.9 Å². The first-order valence-corrected chi connectivity index (χ1v) is 8.52. The van der Waals surface area contributed by atoms with Gasteiger partial charge >= 0.3 is 0 Å². The molecular weight excluding hydrogens is 276 g/mol. The fourth-order valence-electron chi connectivity index (χ4n) is 2.55. The molecule has 0 spiro atoms. The molecule has 110 valence electrons. The van der Waals surface area contributed by atoms with E-state index in [1.54, 1.807) is 0 Å². The molecule has 0 heterocycles. The van der Waals surface area contributed by atoms with Gasteiger partial charge in [0.05, 0.1) is 5.75 Å². The summed E-state index contributed by atoms with van der Waals surface area (Å²) in [6, 6.07) is 8.18. The summed E-state index contributed by atoms with van der Waals surface area (Å²) in [5, 5.41) is 7.70. The van der Waals surface area contributed by atoms with Crippen molar-refractivity contribution in [2.45, 2.75) is 25.7 Å². The highest BCUT2D eigenvalue weighted by Crippen LogP contribution is 2.25. The van der Waals surface area contributed by atoms with Crippen LogP contribution in [0, 0.1) is 5.92 Å². The fraction of sp³-hybridized carbons (Fsp3) is 0.500. The van der Waals surface area contributed by atoms with Crippen LogP contribution in [0.4, 0.5) is 0 Å². The van der Waals surface area contributed by atoms with Crippen LogP contribution in [0.25, 0.3) is 0 Å². The Balaban J connectivity index is 1.80. The second-order valence-corrected chi connectivity index (χ2v) is 6.95. The first kappa shape index (κ1) is 15.0. The third kappa shape index (κ3) is 4.31. The summed E-state index contributed by atoms with van der Waals surface area (Å²) in [7, 11) is -3.44. The van der Waals surface area contributed by atoms with Gasteiger partial charge < -0.3 is 5.32 Å². The number of amides is 1.